The van der Waals surface area contributed by atoms with Crippen molar-refractivity contribution in [1.29, 1.82) is 0 Å². The molecule has 2 atom stereocenters. The number of benzene rings is 1. The third-order valence-electron chi connectivity index (χ3n) is 3.93. The molecular weight excluding hydrogens is 390 g/mol. The third-order valence-corrected chi connectivity index (χ3v) is 6.32. The van der Waals surface area contributed by atoms with Crippen molar-refractivity contribution in [3.8, 4) is 11.5 Å². The van der Waals surface area contributed by atoms with Gasteiger partial charge in [0, 0.05) is 36.0 Å². The van der Waals surface area contributed by atoms with Crippen LogP contribution in [0.1, 0.15) is 0 Å². The first-order valence-corrected chi connectivity index (χ1v) is 11.3. The van der Waals surface area contributed by atoms with Crippen molar-refractivity contribution in [3.63, 3.8) is 0 Å². The highest BCUT2D eigenvalue weighted by molar-refractivity contribution is 8.00. The Bertz CT molecular complexity index is 615. The molecule has 2 unspecified atom stereocenters. The predicted octanol–water partition coefficient (Wildman–Crippen LogP) is 1.39. The van der Waals surface area contributed by atoms with Crippen LogP contribution in [0.2, 0.25) is 0 Å². The Morgan fingerprint density at radius 2 is 2.00 bits per heavy atom. The largest absolute Gasteiger partial charge is 0.493 e. The van der Waals surface area contributed by atoms with Gasteiger partial charge in [0.05, 0.1) is 26.9 Å². The summed E-state index contributed by atoms with van der Waals surface area (Å²) in [6, 6.07) is 7.42. The average Bonchev–Trinajstić information content (AvgIpc) is 3.15. The zero-order valence-electron chi connectivity index (χ0n) is 15.8. The lowest BCUT2D eigenvalue weighted by molar-refractivity contribution is -0.128. The van der Waals surface area contributed by atoms with E-state index in [1.807, 2.05) is 24.3 Å². The number of thioether (sulfide) groups is 1. The Morgan fingerprint density at radius 1 is 1.22 bits per heavy atom. The Labute approximate surface area is 167 Å². The number of rotatable bonds is 12. The van der Waals surface area contributed by atoms with E-state index in [0.717, 1.165) is 5.75 Å². The van der Waals surface area contributed by atoms with Crippen molar-refractivity contribution in [2.24, 2.45) is 0 Å². The van der Waals surface area contributed by atoms with Gasteiger partial charge in [-0.2, -0.15) is 0 Å². The van der Waals surface area contributed by atoms with Crippen LogP contribution in [0.15, 0.2) is 24.3 Å². The second-order valence-corrected chi connectivity index (χ2v) is 8.63. The fraction of sp³-hybridized carbons (Fsp3) is 0.611. The van der Waals surface area contributed by atoms with Gasteiger partial charge in [0.15, 0.2) is 11.5 Å². The summed E-state index contributed by atoms with van der Waals surface area (Å²) < 4.78 is 33.4. The van der Waals surface area contributed by atoms with Gasteiger partial charge in [0.25, 0.3) is 0 Å². The van der Waals surface area contributed by atoms with Crippen molar-refractivity contribution in [2.45, 2.75) is 5.37 Å². The van der Waals surface area contributed by atoms with Crippen molar-refractivity contribution >= 4 is 28.5 Å². The van der Waals surface area contributed by atoms with Crippen LogP contribution in [-0.2, 0) is 25.1 Å². The summed E-state index contributed by atoms with van der Waals surface area (Å²) in [7, 11) is 1.95. The highest BCUT2D eigenvalue weighted by Gasteiger charge is 2.30. The molecule has 7 nitrogen and oxygen atoms in total. The van der Waals surface area contributed by atoms with Crippen LogP contribution >= 0.6 is 11.8 Å². The first-order valence-electron chi connectivity index (χ1n) is 8.74. The molecule has 152 valence electrons. The first-order chi connectivity index (χ1) is 13.2. The van der Waals surface area contributed by atoms with Gasteiger partial charge in [-0.15, -0.1) is 11.8 Å². The lowest BCUT2D eigenvalue weighted by Crippen LogP contribution is -2.40. The first kappa shape index (κ1) is 22.0. The van der Waals surface area contributed by atoms with Crippen LogP contribution in [0.5, 0.6) is 11.5 Å². The van der Waals surface area contributed by atoms with Gasteiger partial charge in [-0.1, -0.05) is 12.1 Å². The molecule has 1 fully saturated rings. The summed E-state index contributed by atoms with van der Waals surface area (Å²) in [6.07, 6.45) is 0. The van der Waals surface area contributed by atoms with Crippen LogP contribution in [-0.4, -0.2) is 84.8 Å². The number of carbonyl (C=O) groups is 1. The molecule has 1 amide bonds. The van der Waals surface area contributed by atoms with Crippen LogP contribution in [0.3, 0.4) is 0 Å². The number of amides is 1. The second kappa shape index (κ2) is 12.2. The number of carbonyl (C=O) groups excluding carboxylic acids is 1. The molecule has 0 radical (unpaired) electrons. The summed E-state index contributed by atoms with van der Waals surface area (Å²) in [4.78, 5) is 14.3. The van der Waals surface area contributed by atoms with Gasteiger partial charge in [-0.25, -0.2) is 0 Å². The summed E-state index contributed by atoms with van der Waals surface area (Å²) in [5, 5.41) is -0.0858. The van der Waals surface area contributed by atoms with Gasteiger partial charge < -0.3 is 23.8 Å². The summed E-state index contributed by atoms with van der Waals surface area (Å²) in [5.41, 5.74) is 0. The molecule has 1 aromatic carbocycles. The smallest absolute Gasteiger partial charge is 0.236 e. The molecular formula is C18H27NO6S2. The van der Waals surface area contributed by atoms with E-state index in [2.05, 4.69) is 0 Å². The Hall–Kier alpha value is -1.29. The molecule has 9 heteroatoms. The Balaban J connectivity index is 1.77. The molecule has 1 aliphatic heterocycles. The fourth-order valence-electron chi connectivity index (χ4n) is 2.53. The number of para-hydroxylation sites is 2. The predicted molar refractivity (Wildman–Crippen MR) is 107 cm³/mol. The van der Waals surface area contributed by atoms with Crippen molar-refractivity contribution in [2.75, 3.05) is 64.5 Å². The molecule has 0 spiro atoms. The maximum atomic E-state index is 12.5. The fourth-order valence-corrected chi connectivity index (χ4v) is 4.56. The monoisotopic (exact) mass is 417 g/mol. The van der Waals surface area contributed by atoms with E-state index in [1.165, 1.54) is 0 Å². The maximum absolute atomic E-state index is 12.5. The summed E-state index contributed by atoms with van der Waals surface area (Å²) >= 11 is 1.67. The molecule has 0 bridgehead atoms. The van der Waals surface area contributed by atoms with Gasteiger partial charge in [0.2, 0.25) is 5.91 Å². The normalized spacial score (nSPS) is 17.7. The minimum Gasteiger partial charge on any atom is -0.493 e. The second-order valence-electron chi connectivity index (χ2n) is 5.77. The van der Waals surface area contributed by atoms with E-state index in [-0.39, 0.29) is 17.0 Å². The molecule has 0 N–H and O–H groups in total. The number of ether oxygens (including phenoxy) is 4. The molecule has 2 rings (SSSR count). The topological polar surface area (TPSA) is 74.3 Å². The highest BCUT2D eigenvalue weighted by Crippen LogP contribution is 2.29. The van der Waals surface area contributed by atoms with Gasteiger partial charge in [0.1, 0.15) is 17.7 Å². The van der Waals surface area contributed by atoms with Crippen molar-refractivity contribution in [1.82, 2.24) is 4.90 Å². The van der Waals surface area contributed by atoms with Crippen LogP contribution in [0, 0.1) is 0 Å². The standard InChI is InChI=1S/C18H27NO6S2/c1-22-8-9-24-10-12-27(21)14-17(20)19-7-11-26-18(19)13-25-16-6-4-3-5-15(16)23-2/h3-6,18H,7-14H2,1-2H3. The van der Waals surface area contributed by atoms with E-state index in [9.17, 15) is 9.00 Å². The van der Waals surface area contributed by atoms with Gasteiger partial charge >= 0.3 is 0 Å². The minimum absolute atomic E-state index is 0.0132. The lowest BCUT2D eigenvalue weighted by atomic mass is 10.3. The zero-order chi connectivity index (χ0) is 19.5. The number of methoxy groups -OCH3 is 2. The molecule has 0 aliphatic carbocycles. The summed E-state index contributed by atoms with van der Waals surface area (Å²) in [6.45, 7) is 2.34. The Kier molecular flexibility index (Phi) is 9.96. The zero-order valence-corrected chi connectivity index (χ0v) is 17.4. The minimum atomic E-state index is -1.24. The highest BCUT2D eigenvalue weighted by atomic mass is 32.2. The molecule has 27 heavy (non-hydrogen) atoms. The van der Waals surface area contributed by atoms with E-state index in [4.69, 9.17) is 18.9 Å². The average molecular weight is 418 g/mol. The maximum Gasteiger partial charge on any atom is 0.236 e. The SMILES string of the molecule is COCCOCCS(=O)CC(=O)N1CCSC1COc1ccccc1OC. The van der Waals surface area contributed by atoms with Crippen molar-refractivity contribution in [3.05, 3.63) is 24.3 Å². The van der Waals surface area contributed by atoms with Gasteiger partial charge in [-0.3, -0.25) is 9.00 Å². The van der Waals surface area contributed by atoms with E-state index in [1.54, 1.807) is 30.9 Å². The van der Waals surface area contributed by atoms with E-state index < -0.39 is 10.8 Å². The van der Waals surface area contributed by atoms with Crippen LogP contribution < -0.4 is 9.47 Å². The van der Waals surface area contributed by atoms with Crippen LogP contribution in [0.4, 0.5) is 0 Å². The molecule has 1 saturated heterocycles. The summed E-state index contributed by atoms with van der Waals surface area (Å²) in [5.74, 6) is 2.41. The van der Waals surface area contributed by atoms with Crippen molar-refractivity contribution < 1.29 is 28.0 Å². The molecule has 1 heterocycles. The number of hydrogen-bond donors (Lipinski definition) is 0. The molecule has 1 aromatic rings. The van der Waals surface area contributed by atoms with E-state index in [0.29, 0.717) is 50.2 Å². The lowest BCUT2D eigenvalue weighted by Gasteiger charge is -2.24. The third kappa shape index (κ3) is 7.33. The van der Waals surface area contributed by atoms with Gasteiger partial charge in [-0.05, 0) is 12.1 Å². The number of nitrogens with zero attached hydrogens (tertiary/aromatic N) is 1. The molecule has 0 aromatic heterocycles. The Morgan fingerprint density at radius 3 is 2.74 bits per heavy atom. The molecule has 0 saturated carbocycles. The van der Waals surface area contributed by atoms with E-state index >= 15 is 0 Å². The number of hydrogen-bond acceptors (Lipinski definition) is 7. The molecule has 1 aliphatic rings. The van der Waals surface area contributed by atoms with Crippen LogP contribution in [0.25, 0.3) is 0 Å². The quantitative estimate of drug-likeness (QED) is 0.476.